The van der Waals surface area contributed by atoms with E-state index < -0.39 is 5.97 Å². The Bertz CT molecular complexity index is 779. The molecular formula is C15H20N6O4. The van der Waals surface area contributed by atoms with E-state index >= 15 is 0 Å². The first-order valence-electron chi connectivity index (χ1n) is 7.79. The van der Waals surface area contributed by atoms with Crippen molar-refractivity contribution in [2.75, 3.05) is 11.9 Å². The third-order valence-electron chi connectivity index (χ3n) is 3.39. The van der Waals surface area contributed by atoms with Gasteiger partial charge in [0.2, 0.25) is 5.91 Å². The number of aromatic carboxylic acids is 1. The van der Waals surface area contributed by atoms with Gasteiger partial charge < -0.3 is 15.7 Å². The van der Waals surface area contributed by atoms with Gasteiger partial charge in [-0.05, 0) is 12.5 Å². The second-order valence-corrected chi connectivity index (χ2v) is 5.35. The number of carbonyl (C=O) groups is 3. The van der Waals surface area contributed by atoms with E-state index in [1.165, 1.54) is 27.8 Å². The maximum absolute atomic E-state index is 12.1. The van der Waals surface area contributed by atoms with E-state index in [9.17, 15) is 14.4 Å². The van der Waals surface area contributed by atoms with Crippen molar-refractivity contribution in [2.45, 2.75) is 26.3 Å². The zero-order valence-electron chi connectivity index (χ0n) is 14.0. The standard InChI is InChI=1S/C15H20N6O4/c1-3-6-16-14(23)13-11(9-17-20(13)2)18-12(22)5-8-21-7-4-10(19-21)15(24)25/h4,7,9H,3,5-6,8H2,1-2H3,(H,16,23)(H,18,22)(H,24,25). The van der Waals surface area contributed by atoms with Crippen LogP contribution < -0.4 is 10.6 Å². The van der Waals surface area contributed by atoms with E-state index in [1.807, 2.05) is 6.92 Å². The molecule has 0 fully saturated rings. The lowest BCUT2D eigenvalue weighted by atomic mass is 10.3. The maximum atomic E-state index is 12.1. The number of carboxylic acids is 1. The van der Waals surface area contributed by atoms with Crippen molar-refractivity contribution in [1.82, 2.24) is 24.9 Å². The summed E-state index contributed by atoms with van der Waals surface area (Å²) in [6.07, 6.45) is 3.78. The molecule has 0 aliphatic rings. The predicted molar refractivity (Wildman–Crippen MR) is 88.3 cm³/mol. The molecule has 0 spiro atoms. The predicted octanol–water partition coefficient (Wildman–Crippen LogP) is 0.483. The van der Waals surface area contributed by atoms with Crippen molar-refractivity contribution in [3.8, 4) is 0 Å². The highest BCUT2D eigenvalue weighted by atomic mass is 16.4. The van der Waals surface area contributed by atoms with Crippen LogP contribution in [0.15, 0.2) is 18.5 Å². The molecule has 0 bridgehead atoms. The molecule has 2 aromatic heterocycles. The second-order valence-electron chi connectivity index (χ2n) is 5.35. The van der Waals surface area contributed by atoms with E-state index in [0.29, 0.717) is 12.2 Å². The first-order valence-corrected chi connectivity index (χ1v) is 7.79. The highest BCUT2D eigenvalue weighted by Gasteiger charge is 2.18. The second kappa shape index (κ2) is 8.08. The van der Waals surface area contributed by atoms with E-state index in [2.05, 4.69) is 20.8 Å². The average Bonchev–Trinajstić information content (AvgIpc) is 3.18. The molecular weight excluding hydrogens is 328 g/mol. The van der Waals surface area contributed by atoms with Crippen LogP contribution in [0.5, 0.6) is 0 Å². The Balaban J connectivity index is 1.96. The highest BCUT2D eigenvalue weighted by molar-refractivity contribution is 6.02. The van der Waals surface area contributed by atoms with Gasteiger partial charge in [0.1, 0.15) is 5.69 Å². The fourth-order valence-corrected chi connectivity index (χ4v) is 2.15. The number of aromatic nitrogens is 4. The van der Waals surface area contributed by atoms with Crippen LogP contribution in [0.1, 0.15) is 40.7 Å². The number of hydrogen-bond donors (Lipinski definition) is 3. The number of carboxylic acid groups (broad SMARTS) is 1. The van der Waals surface area contributed by atoms with Gasteiger partial charge in [0, 0.05) is 32.8 Å². The van der Waals surface area contributed by atoms with Gasteiger partial charge in [-0.15, -0.1) is 0 Å². The molecule has 10 heteroatoms. The summed E-state index contributed by atoms with van der Waals surface area (Å²) in [5, 5.41) is 22.0. The summed E-state index contributed by atoms with van der Waals surface area (Å²) >= 11 is 0. The fraction of sp³-hybridized carbons (Fsp3) is 0.400. The molecule has 3 N–H and O–H groups in total. The molecule has 10 nitrogen and oxygen atoms in total. The molecule has 0 aliphatic heterocycles. The van der Waals surface area contributed by atoms with Gasteiger partial charge >= 0.3 is 5.97 Å². The first kappa shape index (κ1) is 18.2. The van der Waals surface area contributed by atoms with Gasteiger partial charge in [-0.25, -0.2) is 4.79 Å². The van der Waals surface area contributed by atoms with Crippen molar-refractivity contribution in [3.63, 3.8) is 0 Å². The number of amides is 2. The average molecular weight is 348 g/mol. The zero-order valence-corrected chi connectivity index (χ0v) is 14.0. The Kier molecular flexibility index (Phi) is 5.88. The maximum Gasteiger partial charge on any atom is 0.356 e. The summed E-state index contributed by atoms with van der Waals surface area (Å²) in [5.74, 6) is -1.76. The summed E-state index contributed by atoms with van der Waals surface area (Å²) in [6, 6.07) is 1.36. The Morgan fingerprint density at radius 1 is 1.32 bits per heavy atom. The van der Waals surface area contributed by atoms with Crippen LogP contribution in [-0.2, 0) is 18.4 Å². The van der Waals surface area contributed by atoms with Crippen LogP contribution in [0, 0.1) is 0 Å². The minimum atomic E-state index is -1.12. The van der Waals surface area contributed by atoms with Crippen LogP contribution in [0.2, 0.25) is 0 Å². The van der Waals surface area contributed by atoms with E-state index in [1.54, 1.807) is 7.05 Å². The van der Waals surface area contributed by atoms with E-state index in [4.69, 9.17) is 5.11 Å². The molecule has 0 saturated heterocycles. The summed E-state index contributed by atoms with van der Waals surface area (Å²) in [7, 11) is 1.62. The zero-order chi connectivity index (χ0) is 18.4. The Morgan fingerprint density at radius 2 is 2.08 bits per heavy atom. The number of anilines is 1. The highest BCUT2D eigenvalue weighted by Crippen LogP contribution is 2.14. The number of nitrogens with one attached hydrogen (secondary N) is 2. The topological polar surface area (TPSA) is 131 Å². The quantitative estimate of drug-likeness (QED) is 0.636. The molecule has 0 saturated carbocycles. The molecule has 0 radical (unpaired) electrons. The molecule has 0 aromatic carbocycles. The molecule has 0 aliphatic carbocycles. The largest absolute Gasteiger partial charge is 0.476 e. The number of aryl methyl sites for hydroxylation is 2. The lowest BCUT2D eigenvalue weighted by Crippen LogP contribution is -2.27. The van der Waals surface area contributed by atoms with Crippen LogP contribution in [0.3, 0.4) is 0 Å². The first-order chi connectivity index (χ1) is 11.9. The van der Waals surface area contributed by atoms with Crippen molar-refractivity contribution in [2.24, 2.45) is 7.05 Å². The van der Waals surface area contributed by atoms with Gasteiger partial charge in [-0.3, -0.25) is 19.0 Å². The minimum absolute atomic E-state index is 0.0751. The summed E-state index contributed by atoms with van der Waals surface area (Å²) < 4.78 is 2.77. The SMILES string of the molecule is CCCNC(=O)c1c(NC(=O)CCn2ccc(C(=O)O)n2)cnn1C. The molecule has 2 aromatic rings. The fourth-order valence-electron chi connectivity index (χ4n) is 2.15. The van der Waals surface area contributed by atoms with Gasteiger partial charge in [-0.2, -0.15) is 10.2 Å². The third-order valence-corrected chi connectivity index (χ3v) is 3.39. The normalized spacial score (nSPS) is 10.5. The molecule has 0 atom stereocenters. The van der Waals surface area contributed by atoms with E-state index in [-0.39, 0.29) is 36.2 Å². The van der Waals surface area contributed by atoms with Crippen molar-refractivity contribution in [1.29, 1.82) is 0 Å². The van der Waals surface area contributed by atoms with Gasteiger partial charge in [0.15, 0.2) is 5.69 Å². The Labute approximate surface area is 143 Å². The van der Waals surface area contributed by atoms with Gasteiger partial charge in [0.25, 0.3) is 5.91 Å². The molecule has 2 heterocycles. The monoisotopic (exact) mass is 348 g/mol. The molecule has 25 heavy (non-hydrogen) atoms. The summed E-state index contributed by atoms with van der Waals surface area (Å²) in [6.45, 7) is 2.69. The number of nitrogens with zero attached hydrogens (tertiary/aromatic N) is 4. The molecule has 0 unspecified atom stereocenters. The van der Waals surface area contributed by atoms with E-state index in [0.717, 1.165) is 6.42 Å². The van der Waals surface area contributed by atoms with Crippen molar-refractivity contribution in [3.05, 3.63) is 29.8 Å². The van der Waals surface area contributed by atoms with Crippen LogP contribution in [0.25, 0.3) is 0 Å². The number of rotatable bonds is 8. The minimum Gasteiger partial charge on any atom is -0.476 e. The van der Waals surface area contributed by atoms with Crippen LogP contribution in [0.4, 0.5) is 5.69 Å². The molecule has 2 amide bonds. The van der Waals surface area contributed by atoms with Crippen molar-refractivity contribution >= 4 is 23.5 Å². The lowest BCUT2D eigenvalue weighted by molar-refractivity contribution is -0.116. The Hall–Kier alpha value is -3.17. The molecule has 134 valence electrons. The third kappa shape index (κ3) is 4.66. The molecule has 2 rings (SSSR count). The summed E-state index contributed by atoms with van der Waals surface area (Å²) in [5.41, 5.74) is 0.518. The van der Waals surface area contributed by atoms with Crippen LogP contribution in [-0.4, -0.2) is 49.0 Å². The summed E-state index contributed by atoms with van der Waals surface area (Å²) in [4.78, 5) is 35.0. The number of carbonyl (C=O) groups excluding carboxylic acids is 2. The van der Waals surface area contributed by atoms with Crippen molar-refractivity contribution < 1.29 is 19.5 Å². The van der Waals surface area contributed by atoms with Crippen LogP contribution >= 0.6 is 0 Å². The number of hydrogen-bond acceptors (Lipinski definition) is 5. The van der Waals surface area contributed by atoms with Gasteiger partial charge in [0.05, 0.1) is 11.9 Å². The smallest absolute Gasteiger partial charge is 0.356 e. The van der Waals surface area contributed by atoms with Gasteiger partial charge in [-0.1, -0.05) is 6.92 Å². The Morgan fingerprint density at radius 3 is 2.72 bits per heavy atom. The lowest BCUT2D eigenvalue weighted by Gasteiger charge is -2.08.